The van der Waals surface area contributed by atoms with Gasteiger partial charge in [0.25, 0.3) is 5.91 Å². The number of benzene rings is 1. The van der Waals surface area contributed by atoms with Gasteiger partial charge < -0.3 is 10.4 Å². The molecule has 18 heavy (non-hydrogen) atoms. The number of phenols is 1. The molecule has 0 aliphatic heterocycles. The number of halogens is 1. The lowest BCUT2D eigenvalue weighted by molar-refractivity contribution is 0.102. The van der Waals surface area contributed by atoms with Gasteiger partial charge in [0.05, 0.1) is 22.5 Å². The summed E-state index contributed by atoms with van der Waals surface area (Å²) >= 11 is 5.90. The highest BCUT2D eigenvalue weighted by Crippen LogP contribution is 2.23. The predicted molar refractivity (Wildman–Crippen MR) is 70.0 cm³/mol. The van der Waals surface area contributed by atoms with Crippen LogP contribution in [0.3, 0.4) is 0 Å². The van der Waals surface area contributed by atoms with Crippen LogP contribution < -0.4 is 5.32 Å². The highest BCUT2D eigenvalue weighted by molar-refractivity contribution is 6.33. The molecular weight excluding hydrogens is 252 g/mol. The first-order valence-corrected chi connectivity index (χ1v) is 5.66. The van der Waals surface area contributed by atoms with Crippen LogP contribution in [0.4, 0.5) is 5.69 Å². The van der Waals surface area contributed by atoms with E-state index in [2.05, 4.69) is 10.3 Å². The molecule has 92 valence electrons. The molecule has 0 aliphatic rings. The Morgan fingerprint density at radius 2 is 2.17 bits per heavy atom. The average Bonchev–Trinajstić information content (AvgIpc) is 2.32. The number of phenolic OH excluding ortho intramolecular Hbond substituents is 1. The number of carbonyl (C=O) groups is 1. The van der Waals surface area contributed by atoms with Crippen LogP contribution in [-0.4, -0.2) is 16.0 Å². The van der Waals surface area contributed by atoms with E-state index in [0.717, 1.165) is 5.56 Å². The van der Waals surface area contributed by atoms with Crippen LogP contribution in [0, 0.1) is 6.92 Å². The number of aryl methyl sites for hydroxylation is 1. The molecule has 1 aromatic heterocycles. The summed E-state index contributed by atoms with van der Waals surface area (Å²) in [5.41, 5.74) is 1.48. The van der Waals surface area contributed by atoms with E-state index in [1.54, 1.807) is 18.2 Å². The molecular formula is C13H11ClN2O2. The second-order valence-electron chi connectivity index (χ2n) is 3.83. The van der Waals surface area contributed by atoms with Crippen molar-refractivity contribution in [2.24, 2.45) is 0 Å². The molecule has 4 nitrogen and oxygen atoms in total. The minimum atomic E-state index is -0.428. The molecule has 1 heterocycles. The summed E-state index contributed by atoms with van der Waals surface area (Å²) in [7, 11) is 0. The minimum Gasteiger partial charge on any atom is -0.507 e. The zero-order valence-electron chi connectivity index (χ0n) is 9.64. The van der Waals surface area contributed by atoms with E-state index in [1.165, 1.54) is 18.5 Å². The SMILES string of the molecule is Cc1ccc(C(=O)Nc2cnccc2Cl)c(O)c1. The summed E-state index contributed by atoms with van der Waals surface area (Å²) in [6.45, 7) is 1.83. The normalized spacial score (nSPS) is 10.1. The number of nitrogens with one attached hydrogen (secondary N) is 1. The lowest BCUT2D eigenvalue weighted by Gasteiger charge is -2.08. The summed E-state index contributed by atoms with van der Waals surface area (Å²) in [6, 6.07) is 6.41. The van der Waals surface area contributed by atoms with Gasteiger partial charge in [0.1, 0.15) is 5.75 Å². The fraction of sp³-hybridized carbons (Fsp3) is 0.0769. The number of aromatic nitrogens is 1. The van der Waals surface area contributed by atoms with Crippen LogP contribution in [-0.2, 0) is 0 Å². The summed E-state index contributed by atoms with van der Waals surface area (Å²) < 4.78 is 0. The van der Waals surface area contributed by atoms with Crippen LogP contribution >= 0.6 is 11.6 Å². The largest absolute Gasteiger partial charge is 0.507 e. The smallest absolute Gasteiger partial charge is 0.259 e. The van der Waals surface area contributed by atoms with Gasteiger partial charge in [-0.05, 0) is 30.7 Å². The van der Waals surface area contributed by atoms with Crippen molar-refractivity contribution in [1.82, 2.24) is 4.98 Å². The van der Waals surface area contributed by atoms with Crippen molar-refractivity contribution in [2.45, 2.75) is 6.92 Å². The lowest BCUT2D eigenvalue weighted by atomic mass is 10.1. The van der Waals surface area contributed by atoms with Gasteiger partial charge in [0.15, 0.2) is 0 Å². The van der Waals surface area contributed by atoms with Gasteiger partial charge >= 0.3 is 0 Å². The second-order valence-corrected chi connectivity index (χ2v) is 4.24. The zero-order valence-corrected chi connectivity index (χ0v) is 10.4. The van der Waals surface area contributed by atoms with Crippen LogP contribution in [0.25, 0.3) is 0 Å². The third-order valence-corrected chi connectivity index (χ3v) is 2.74. The molecule has 2 aromatic rings. The molecule has 2 N–H and O–H groups in total. The Labute approximate surface area is 109 Å². The quantitative estimate of drug-likeness (QED) is 0.875. The summed E-state index contributed by atoms with van der Waals surface area (Å²) in [5, 5.41) is 12.7. The number of pyridine rings is 1. The van der Waals surface area contributed by atoms with Crippen molar-refractivity contribution in [3.8, 4) is 5.75 Å². The second kappa shape index (κ2) is 5.06. The van der Waals surface area contributed by atoms with E-state index < -0.39 is 5.91 Å². The van der Waals surface area contributed by atoms with E-state index in [1.807, 2.05) is 6.92 Å². The minimum absolute atomic E-state index is 0.0625. The molecule has 0 saturated heterocycles. The van der Waals surface area contributed by atoms with Crippen LogP contribution in [0.1, 0.15) is 15.9 Å². The number of amides is 1. The first kappa shape index (κ1) is 12.4. The first-order valence-electron chi connectivity index (χ1n) is 5.28. The number of nitrogens with zero attached hydrogens (tertiary/aromatic N) is 1. The third kappa shape index (κ3) is 2.60. The molecule has 1 amide bonds. The van der Waals surface area contributed by atoms with Crippen molar-refractivity contribution in [3.05, 3.63) is 52.8 Å². The van der Waals surface area contributed by atoms with Crippen LogP contribution in [0.5, 0.6) is 5.75 Å². The Hall–Kier alpha value is -2.07. The molecule has 2 rings (SSSR count). The van der Waals surface area contributed by atoms with Crippen LogP contribution in [0.15, 0.2) is 36.7 Å². The number of carbonyl (C=O) groups excluding carboxylic acids is 1. The molecule has 0 saturated carbocycles. The van der Waals surface area contributed by atoms with E-state index >= 15 is 0 Å². The molecule has 0 atom stereocenters. The molecule has 0 aliphatic carbocycles. The van der Waals surface area contributed by atoms with Gasteiger partial charge in [-0.25, -0.2) is 0 Å². The molecule has 5 heteroatoms. The number of rotatable bonds is 2. The Morgan fingerprint density at radius 3 is 2.83 bits per heavy atom. The zero-order chi connectivity index (χ0) is 13.1. The molecule has 1 aromatic carbocycles. The molecule has 0 radical (unpaired) electrons. The first-order chi connectivity index (χ1) is 8.58. The number of anilines is 1. The van der Waals surface area contributed by atoms with Gasteiger partial charge in [0, 0.05) is 6.20 Å². The van der Waals surface area contributed by atoms with Gasteiger partial charge in [-0.15, -0.1) is 0 Å². The van der Waals surface area contributed by atoms with Gasteiger partial charge in [-0.1, -0.05) is 17.7 Å². The number of aromatic hydroxyl groups is 1. The number of hydrogen-bond donors (Lipinski definition) is 2. The molecule has 0 spiro atoms. The summed E-state index contributed by atoms with van der Waals surface area (Å²) in [6.07, 6.45) is 2.98. The Kier molecular flexibility index (Phi) is 3.48. The molecule has 0 bridgehead atoms. The summed E-state index contributed by atoms with van der Waals surface area (Å²) in [4.78, 5) is 15.8. The van der Waals surface area contributed by atoms with E-state index in [-0.39, 0.29) is 11.3 Å². The Balaban J connectivity index is 2.25. The monoisotopic (exact) mass is 262 g/mol. The fourth-order valence-corrected chi connectivity index (χ4v) is 1.65. The van der Waals surface area contributed by atoms with E-state index in [9.17, 15) is 9.90 Å². The third-order valence-electron chi connectivity index (χ3n) is 2.41. The average molecular weight is 263 g/mol. The molecule has 0 fully saturated rings. The van der Waals surface area contributed by atoms with Crippen molar-refractivity contribution < 1.29 is 9.90 Å². The highest BCUT2D eigenvalue weighted by Gasteiger charge is 2.12. The van der Waals surface area contributed by atoms with Gasteiger partial charge in [-0.3, -0.25) is 9.78 Å². The number of hydrogen-bond acceptors (Lipinski definition) is 3. The van der Waals surface area contributed by atoms with Gasteiger partial charge in [0.2, 0.25) is 0 Å². The maximum absolute atomic E-state index is 11.9. The maximum Gasteiger partial charge on any atom is 0.259 e. The summed E-state index contributed by atoms with van der Waals surface area (Å²) in [5.74, 6) is -0.491. The standard InChI is InChI=1S/C13H11ClN2O2/c1-8-2-3-9(12(17)6-8)13(18)16-11-7-15-5-4-10(11)14/h2-7,17H,1H3,(H,16,18). The highest BCUT2D eigenvalue weighted by atomic mass is 35.5. The van der Waals surface area contributed by atoms with Crippen LogP contribution in [0.2, 0.25) is 5.02 Å². The Morgan fingerprint density at radius 1 is 1.39 bits per heavy atom. The lowest BCUT2D eigenvalue weighted by Crippen LogP contribution is -2.12. The predicted octanol–water partition coefficient (Wildman–Crippen LogP) is 3.00. The maximum atomic E-state index is 11.9. The molecule has 0 unspecified atom stereocenters. The van der Waals surface area contributed by atoms with Crippen molar-refractivity contribution >= 4 is 23.2 Å². The fourth-order valence-electron chi connectivity index (χ4n) is 1.49. The topological polar surface area (TPSA) is 62.2 Å². The Bertz CT molecular complexity index is 599. The van der Waals surface area contributed by atoms with E-state index in [0.29, 0.717) is 10.7 Å². The van der Waals surface area contributed by atoms with Crippen molar-refractivity contribution in [2.75, 3.05) is 5.32 Å². The van der Waals surface area contributed by atoms with Crippen molar-refractivity contribution in [3.63, 3.8) is 0 Å². The van der Waals surface area contributed by atoms with Crippen molar-refractivity contribution in [1.29, 1.82) is 0 Å². The van der Waals surface area contributed by atoms with Gasteiger partial charge in [-0.2, -0.15) is 0 Å². The van der Waals surface area contributed by atoms with E-state index in [4.69, 9.17) is 11.6 Å².